The third kappa shape index (κ3) is 4.37. The Balaban J connectivity index is 1.69. The monoisotopic (exact) mass is 439 g/mol. The summed E-state index contributed by atoms with van der Waals surface area (Å²) < 4.78 is 0. The molecule has 30 heavy (non-hydrogen) atoms. The van der Waals surface area contributed by atoms with Gasteiger partial charge in [-0.25, -0.2) is 0 Å². The van der Waals surface area contributed by atoms with Crippen molar-refractivity contribution in [1.82, 2.24) is 9.80 Å². The van der Waals surface area contributed by atoms with Crippen LogP contribution in [-0.4, -0.2) is 48.4 Å². The number of amides is 1. The van der Waals surface area contributed by atoms with Crippen LogP contribution in [0, 0.1) is 13.8 Å². The van der Waals surface area contributed by atoms with E-state index in [1.165, 1.54) is 20.9 Å². The first-order valence-electron chi connectivity index (χ1n) is 10.5. The molecule has 158 valence electrons. The molecule has 4 rings (SSSR count). The first kappa shape index (κ1) is 21.2. The van der Waals surface area contributed by atoms with E-state index in [9.17, 15) is 4.79 Å². The molecule has 1 N–H and O–H groups in total. The molecular formula is C24H29N3OS2. The maximum atomic E-state index is 12.9. The summed E-state index contributed by atoms with van der Waals surface area (Å²) >= 11 is 3.50. The van der Waals surface area contributed by atoms with Gasteiger partial charge in [-0.15, -0.1) is 22.7 Å². The van der Waals surface area contributed by atoms with Gasteiger partial charge in [-0.1, -0.05) is 31.2 Å². The number of hydrogen-bond acceptors (Lipinski definition) is 5. The number of aryl methyl sites for hydroxylation is 1. The van der Waals surface area contributed by atoms with E-state index in [0.29, 0.717) is 5.56 Å². The van der Waals surface area contributed by atoms with Crippen LogP contribution in [0.5, 0.6) is 0 Å². The van der Waals surface area contributed by atoms with E-state index in [4.69, 9.17) is 0 Å². The highest BCUT2D eigenvalue weighted by atomic mass is 32.1. The molecule has 0 bridgehead atoms. The van der Waals surface area contributed by atoms with Crippen molar-refractivity contribution in [3.63, 3.8) is 0 Å². The lowest BCUT2D eigenvalue weighted by atomic mass is 9.99. The zero-order valence-corrected chi connectivity index (χ0v) is 19.5. The van der Waals surface area contributed by atoms with Crippen molar-refractivity contribution in [1.29, 1.82) is 0 Å². The molecule has 1 saturated heterocycles. The number of hydrogen-bond donors (Lipinski definition) is 1. The third-order valence-electron chi connectivity index (χ3n) is 6.00. The number of rotatable bonds is 6. The van der Waals surface area contributed by atoms with E-state index in [2.05, 4.69) is 53.4 Å². The normalized spacial score (nSPS) is 16.5. The summed E-state index contributed by atoms with van der Waals surface area (Å²) in [4.78, 5) is 20.6. The zero-order valence-electron chi connectivity index (χ0n) is 17.9. The van der Waals surface area contributed by atoms with Crippen molar-refractivity contribution in [2.45, 2.75) is 26.8 Å². The molecule has 0 aliphatic carbocycles. The van der Waals surface area contributed by atoms with Gasteiger partial charge in [0.2, 0.25) is 0 Å². The molecule has 1 amide bonds. The lowest BCUT2D eigenvalue weighted by molar-refractivity contribution is 0.102. The highest BCUT2D eigenvalue weighted by Gasteiger charge is 2.31. The Kier molecular flexibility index (Phi) is 6.68. The van der Waals surface area contributed by atoms with Crippen LogP contribution in [0.3, 0.4) is 0 Å². The Bertz CT molecular complexity index is 974. The Morgan fingerprint density at radius 3 is 2.43 bits per heavy atom. The Morgan fingerprint density at radius 2 is 1.80 bits per heavy atom. The highest BCUT2D eigenvalue weighted by molar-refractivity contribution is 7.16. The number of nitrogens with zero attached hydrogens (tertiary/aromatic N) is 2. The van der Waals surface area contributed by atoms with E-state index in [-0.39, 0.29) is 11.9 Å². The molecule has 1 aliphatic heterocycles. The summed E-state index contributed by atoms with van der Waals surface area (Å²) in [5.41, 5.74) is 3.24. The highest BCUT2D eigenvalue weighted by Crippen LogP contribution is 2.43. The van der Waals surface area contributed by atoms with E-state index < -0.39 is 0 Å². The van der Waals surface area contributed by atoms with Crippen LogP contribution in [0.1, 0.15) is 44.2 Å². The quantitative estimate of drug-likeness (QED) is 0.558. The average molecular weight is 440 g/mol. The third-order valence-corrected chi connectivity index (χ3v) is 8.06. The predicted molar refractivity (Wildman–Crippen MR) is 128 cm³/mol. The van der Waals surface area contributed by atoms with Gasteiger partial charge >= 0.3 is 0 Å². The average Bonchev–Trinajstić information content (AvgIpc) is 3.40. The van der Waals surface area contributed by atoms with Gasteiger partial charge in [0.15, 0.2) is 0 Å². The van der Waals surface area contributed by atoms with Gasteiger partial charge in [0.05, 0.1) is 6.04 Å². The van der Waals surface area contributed by atoms with E-state index >= 15 is 0 Å². The van der Waals surface area contributed by atoms with Crippen molar-refractivity contribution in [2.24, 2.45) is 0 Å². The largest absolute Gasteiger partial charge is 0.313 e. The van der Waals surface area contributed by atoms with Gasteiger partial charge in [0, 0.05) is 47.1 Å². The SMILES string of the molecule is CCN1CCN([C@H](c2cccs2)c2c(NC(=O)c3ccccc3)sc(C)c2C)CC1. The molecule has 0 spiro atoms. The smallest absolute Gasteiger partial charge is 0.256 e. The second kappa shape index (κ2) is 9.43. The molecule has 1 atom stereocenters. The van der Waals surface area contributed by atoms with Gasteiger partial charge in [-0.3, -0.25) is 9.69 Å². The first-order valence-corrected chi connectivity index (χ1v) is 12.2. The number of benzene rings is 1. The van der Waals surface area contributed by atoms with Crippen LogP contribution in [0.25, 0.3) is 0 Å². The molecule has 1 aromatic carbocycles. The maximum Gasteiger partial charge on any atom is 0.256 e. The second-order valence-corrected chi connectivity index (χ2v) is 9.94. The van der Waals surface area contributed by atoms with Crippen molar-refractivity contribution in [2.75, 3.05) is 38.0 Å². The Hall–Kier alpha value is -1.99. The van der Waals surface area contributed by atoms with Gasteiger partial charge in [-0.2, -0.15) is 0 Å². The minimum Gasteiger partial charge on any atom is -0.313 e. The number of carbonyl (C=O) groups is 1. The van der Waals surface area contributed by atoms with Gasteiger partial charge in [-0.05, 0) is 49.5 Å². The number of likely N-dealkylation sites (N-methyl/N-ethyl adjacent to an activating group) is 1. The first-order chi connectivity index (χ1) is 14.6. The number of thiophene rings is 2. The number of nitrogens with one attached hydrogen (secondary N) is 1. The molecule has 0 radical (unpaired) electrons. The minimum absolute atomic E-state index is 0.0427. The lowest BCUT2D eigenvalue weighted by Crippen LogP contribution is -2.47. The van der Waals surface area contributed by atoms with Crippen molar-refractivity contribution in [3.05, 3.63) is 74.3 Å². The summed E-state index contributed by atoms with van der Waals surface area (Å²) in [7, 11) is 0. The summed E-state index contributed by atoms with van der Waals surface area (Å²) in [6.07, 6.45) is 0. The van der Waals surface area contributed by atoms with Crippen LogP contribution >= 0.6 is 22.7 Å². The van der Waals surface area contributed by atoms with Crippen LogP contribution in [-0.2, 0) is 0 Å². The Morgan fingerprint density at radius 1 is 1.07 bits per heavy atom. The van der Waals surface area contributed by atoms with Crippen LogP contribution in [0.2, 0.25) is 0 Å². The van der Waals surface area contributed by atoms with Gasteiger partial charge < -0.3 is 10.2 Å². The van der Waals surface area contributed by atoms with Crippen molar-refractivity contribution in [3.8, 4) is 0 Å². The topological polar surface area (TPSA) is 35.6 Å². The fourth-order valence-electron chi connectivity index (χ4n) is 4.12. The van der Waals surface area contributed by atoms with Gasteiger partial charge in [0.1, 0.15) is 5.00 Å². The molecule has 6 heteroatoms. The molecular weight excluding hydrogens is 410 g/mol. The molecule has 3 aromatic rings. The van der Waals surface area contributed by atoms with Crippen LogP contribution < -0.4 is 5.32 Å². The lowest BCUT2D eigenvalue weighted by Gasteiger charge is -2.39. The number of anilines is 1. The maximum absolute atomic E-state index is 12.9. The fraction of sp³-hybridized carbons (Fsp3) is 0.375. The minimum atomic E-state index is -0.0427. The molecule has 0 saturated carbocycles. The van der Waals surface area contributed by atoms with E-state index in [1.807, 2.05) is 30.3 Å². The number of piperazine rings is 1. The molecule has 2 aromatic heterocycles. The molecule has 3 heterocycles. The van der Waals surface area contributed by atoms with Crippen LogP contribution in [0.15, 0.2) is 47.8 Å². The number of carbonyl (C=O) groups excluding carboxylic acids is 1. The fourth-order valence-corrected chi connectivity index (χ4v) is 6.08. The standard InChI is InChI=1S/C24H29N3OS2/c1-4-26-12-14-27(15-13-26)22(20-11-8-16-29-20)21-17(2)18(3)30-24(21)25-23(28)19-9-6-5-7-10-19/h5-11,16,22H,4,12-15H2,1-3H3,(H,25,28)/t22-/m1/s1. The Labute approximate surface area is 187 Å². The molecule has 1 aliphatic rings. The molecule has 0 unspecified atom stereocenters. The molecule has 4 nitrogen and oxygen atoms in total. The van der Waals surface area contributed by atoms with Crippen molar-refractivity contribution >= 4 is 33.6 Å². The summed E-state index contributed by atoms with van der Waals surface area (Å²) in [5.74, 6) is -0.0427. The summed E-state index contributed by atoms with van der Waals surface area (Å²) in [5, 5.41) is 6.37. The molecule has 1 fully saturated rings. The van der Waals surface area contributed by atoms with Crippen molar-refractivity contribution < 1.29 is 4.79 Å². The summed E-state index contributed by atoms with van der Waals surface area (Å²) in [6.45, 7) is 11.9. The summed E-state index contributed by atoms with van der Waals surface area (Å²) in [6, 6.07) is 14.0. The zero-order chi connectivity index (χ0) is 21.1. The van der Waals surface area contributed by atoms with Gasteiger partial charge in [0.25, 0.3) is 5.91 Å². The van der Waals surface area contributed by atoms with E-state index in [0.717, 1.165) is 37.7 Å². The van der Waals surface area contributed by atoms with Crippen LogP contribution in [0.4, 0.5) is 5.00 Å². The second-order valence-electron chi connectivity index (χ2n) is 7.73. The predicted octanol–water partition coefficient (Wildman–Crippen LogP) is 5.41. The van der Waals surface area contributed by atoms with E-state index in [1.54, 1.807) is 22.7 Å².